The van der Waals surface area contributed by atoms with Crippen molar-refractivity contribution in [3.8, 4) is 0 Å². The second kappa shape index (κ2) is 7.16. The molecule has 0 bridgehead atoms. The van der Waals surface area contributed by atoms with E-state index in [-0.39, 0.29) is 0 Å². The summed E-state index contributed by atoms with van der Waals surface area (Å²) in [6, 6.07) is 13.6. The number of fused-ring (bicyclic) bond motifs is 2. The van der Waals surface area contributed by atoms with Crippen LogP contribution in [0.3, 0.4) is 0 Å². The molecule has 0 fully saturated rings. The van der Waals surface area contributed by atoms with Gasteiger partial charge in [-0.25, -0.2) is 4.58 Å². The largest absolute Gasteiger partial charge is 0.388 e. The highest BCUT2D eigenvalue weighted by atomic mass is 15.1. The molecule has 2 aliphatic rings. The highest BCUT2D eigenvalue weighted by Gasteiger charge is 2.23. The Morgan fingerprint density at radius 2 is 1.50 bits per heavy atom. The molecule has 0 heterocycles. The zero-order chi connectivity index (χ0) is 19.8. The van der Waals surface area contributed by atoms with E-state index in [0.29, 0.717) is 0 Å². The van der Waals surface area contributed by atoms with E-state index in [1.54, 1.807) is 0 Å². The Labute approximate surface area is 168 Å². The maximum Gasteiger partial charge on any atom is 0.199 e. The summed E-state index contributed by atoms with van der Waals surface area (Å²) in [7, 11) is 10.3. The molecule has 0 amide bonds. The van der Waals surface area contributed by atoms with Crippen molar-refractivity contribution in [3.05, 3.63) is 88.5 Å². The van der Waals surface area contributed by atoms with Crippen molar-refractivity contribution >= 4 is 22.7 Å². The molecular weight excluding hydrogens is 342 g/mol. The van der Waals surface area contributed by atoms with Crippen LogP contribution in [0.25, 0.3) is 5.57 Å². The first-order valence-corrected chi connectivity index (χ1v) is 9.74. The summed E-state index contributed by atoms with van der Waals surface area (Å²) in [5, 5.41) is 3.28. The highest BCUT2D eigenvalue weighted by Crippen LogP contribution is 2.41. The number of nitrogens with zero attached hydrogens (tertiary/aromatic N) is 2. The predicted molar refractivity (Wildman–Crippen MR) is 121 cm³/mol. The molecule has 3 heteroatoms. The summed E-state index contributed by atoms with van der Waals surface area (Å²) < 4.78 is 2.14. The summed E-state index contributed by atoms with van der Waals surface area (Å²) in [4.78, 5) is 2.17. The normalized spacial score (nSPS) is 14.7. The van der Waals surface area contributed by atoms with Crippen molar-refractivity contribution in [1.82, 2.24) is 0 Å². The molecule has 2 aliphatic carbocycles. The Bertz CT molecular complexity index is 1040. The molecule has 0 aromatic heterocycles. The van der Waals surface area contributed by atoms with Crippen molar-refractivity contribution < 1.29 is 4.58 Å². The van der Waals surface area contributed by atoms with E-state index in [2.05, 4.69) is 104 Å². The Hall–Kier alpha value is -3.07. The zero-order valence-corrected chi connectivity index (χ0v) is 17.4. The molecule has 3 nitrogen and oxygen atoms in total. The first-order valence-electron chi connectivity index (χ1n) is 9.74. The van der Waals surface area contributed by atoms with Gasteiger partial charge in [0.05, 0.1) is 0 Å². The number of rotatable bonds is 2. The average Bonchev–Trinajstić information content (AvgIpc) is 2.71. The number of hydrogen-bond acceptors (Lipinski definition) is 2. The summed E-state index contributed by atoms with van der Waals surface area (Å²) in [6.45, 7) is 0. The average molecular weight is 371 g/mol. The van der Waals surface area contributed by atoms with Crippen LogP contribution in [0.4, 0.5) is 11.4 Å². The molecule has 142 valence electrons. The van der Waals surface area contributed by atoms with E-state index in [1.165, 1.54) is 44.8 Å². The third kappa shape index (κ3) is 3.18. The fourth-order valence-electron chi connectivity index (χ4n) is 3.98. The first kappa shape index (κ1) is 18.3. The van der Waals surface area contributed by atoms with Gasteiger partial charge in [-0.05, 0) is 76.2 Å². The van der Waals surface area contributed by atoms with Crippen LogP contribution >= 0.6 is 0 Å². The van der Waals surface area contributed by atoms with Crippen molar-refractivity contribution in [2.45, 2.75) is 6.42 Å². The smallest absolute Gasteiger partial charge is 0.199 e. The van der Waals surface area contributed by atoms with Crippen molar-refractivity contribution in [2.75, 3.05) is 45.5 Å². The summed E-state index contributed by atoms with van der Waals surface area (Å²) in [5.41, 5.74) is 11.7. The van der Waals surface area contributed by atoms with Crippen LogP contribution in [0.15, 0.2) is 66.3 Å². The predicted octanol–water partition coefficient (Wildman–Crippen LogP) is 4.34. The van der Waals surface area contributed by atoms with Gasteiger partial charge >= 0.3 is 0 Å². The number of allylic oxidation sites excluding steroid dienone is 5. The van der Waals surface area contributed by atoms with Crippen LogP contribution in [0.5, 0.6) is 0 Å². The highest BCUT2D eigenvalue weighted by molar-refractivity contribution is 6.04. The van der Waals surface area contributed by atoms with Crippen LogP contribution in [0.2, 0.25) is 0 Å². The standard InChI is InChI=1S/C25H27N3/c1-26-20-8-12-23-18(15-20)14-19-16-22(28(4)5)11-13-24(19)25(23)17-6-9-21(10-7-17)27(2)3/h6-13,15-16H,14H2,1-5H3/p+1. The molecular formula is C25H28N3+. The van der Waals surface area contributed by atoms with Gasteiger partial charge in [0.2, 0.25) is 0 Å². The van der Waals surface area contributed by atoms with Gasteiger partial charge in [-0.2, -0.15) is 0 Å². The van der Waals surface area contributed by atoms with Gasteiger partial charge in [-0.15, -0.1) is 0 Å². The summed E-state index contributed by atoms with van der Waals surface area (Å²) in [6.07, 6.45) is 9.85. The maximum absolute atomic E-state index is 3.28. The van der Waals surface area contributed by atoms with Gasteiger partial charge in [-0.3, -0.25) is 0 Å². The topological polar surface area (TPSA) is 18.3 Å². The third-order valence-electron chi connectivity index (χ3n) is 5.59. The minimum Gasteiger partial charge on any atom is -0.388 e. The SMILES string of the molecule is CNc1ccc2c(c1)Cc1cc(N(C)C)ccc1C2=C1C=CC(=[N+](C)C)C=C1. The minimum atomic E-state index is 0.959. The zero-order valence-electron chi connectivity index (χ0n) is 17.4. The van der Waals surface area contributed by atoms with E-state index in [4.69, 9.17) is 0 Å². The molecule has 4 rings (SSSR count). The van der Waals surface area contributed by atoms with Gasteiger partial charge in [-0.1, -0.05) is 12.1 Å². The van der Waals surface area contributed by atoms with E-state index in [1.807, 2.05) is 7.05 Å². The fourth-order valence-corrected chi connectivity index (χ4v) is 3.98. The molecule has 0 radical (unpaired) electrons. The van der Waals surface area contributed by atoms with Crippen LogP contribution in [-0.2, 0) is 6.42 Å². The van der Waals surface area contributed by atoms with Gasteiger partial charge in [0.25, 0.3) is 0 Å². The number of nitrogens with one attached hydrogen (secondary N) is 1. The third-order valence-corrected chi connectivity index (χ3v) is 5.59. The molecule has 28 heavy (non-hydrogen) atoms. The first-order chi connectivity index (χ1) is 13.5. The van der Waals surface area contributed by atoms with Gasteiger partial charge < -0.3 is 10.2 Å². The molecule has 0 saturated carbocycles. The van der Waals surface area contributed by atoms with E-state index >= 15 is 0 Å². The molecule has 2 aromatic rings. The van der Waals surface area contributed by atoms with Gasteiger partial charge in [0.1, 0.15) is 14.1 Å². The molecule has 0 unspecified atom stereocenters. The van der Waals surface area contributed by atoms with Gasteiger partial charge in [0, 0.05) is 44.7 Å². The lowest BCUT2D eigenvalue weighted by Gasteiger charge is -2.27. The van der Waals surface area contributed by atoms with Crippen molar-refractivity contribution in [2.24, 2.45) is 0 Å². The molecule has 2 aromatic carbocycles. The lowest BCUT2D eigenvalue weighted by Crippen LogP contribution is -2.14. The summed E-state index contributed by atoms with van der Waals surface area (Å²) in [5.74, 6) is 0. The molecule has 0 aliphatic heterocycles. The van der Waals surface area contributed by atoms with Crippen LogP contribution in [0, 0.1) is 0 Å². The lowest BCUT2D eigenvalue weighted by atomic mass is 9.79. The maximum atomic E-state index is 3.28. The molecule has 0 spiro atoms. The minimum absolute atomic E-state index is 0.959. The van der Waals surface area contributed by atoms with E-state index < -0.39 is 0 Å². The number of anilines is 2. The molecule has 0 atom stereocenters. The Morgan fingerprint density at radius 1 is 0.857 bits per heavy atom. The second-order valence-electron chi connectivity index (χ2n) is 7.85. The Morgan fingerprint density at radius 3 is 2.11 bits per heavy atom. The van der Waals surface area contributed by atoms with E-state index in [0.717, 1.165) is 12.1 Å². The van der Waals surface area contributed by atoms with E-state index in [9.17, 15) is 0 Å². The number of hydrogen-bond donors (Lipinski definition) is 1. The quantitative estimate of drug-likeness (QED) is 0.677. The Balaban J connectivity index is 1.94. The lowest BCUT2D eigenvalue weighted by molar-refractivity contribution is -0.462. The van der Waals surface area contributed by atoms with Crippen molar-refractivity contribution in [3.63, 3.8) is 0 Å². The summed E-state index contributed by atoms with van der Waals surface area (Å²) >= 11 is 0. The fraction of sp³-hybridized carbons (Fsp3) is 0.240. The van der Waals surface area contributed by atoms with Gasteiger partial charge in [0.15, 0.2) is 5.71 Å². The van der Waals surface area contributed by atoms with Crippen LogP contribution in [0.1, 0.15) is 22.3 Å². The van der Waals surface area contributed by atoms with Crippen LogP contribution in [-0.4, -0.2) is 45.5 Å². The second-order valence-corrected chi connectivity index (χ2v) is 7.85. The van der Waals surface area contributed by atoms with Crippen molar-refractivity contribution in [1.29, 1.82) is 0 Å². The molecule has 1 N–H and O–H groups in total. The van der Waals surface area contributed by atoms with Crippen LogP contribution < -0.4 is 10.2 Å². The Kier molecular flexibility index (Phi) is 4.68. The molecule has 0 saturated heterocycles. The monoisotopic (exact) mass is 370 g/mol. The number of benzene rings is 2.